The number of amides is 1. The fourth-order valence-corrected chi connectivity index (χ4v) is 3.31. The van der Waals surface area contributed by atoms with Crippen LogP contribution < -0.4 is 10.0 Å². The van der Waals surface area contributed by atoms with E-state index in [1.54, 1.807) is 0 Å². The van der Waals surface area contributed by atoms with E-state index in [1.165, 1.54) is 18.2 Å². The van der Waals surface area contributed by atoms with Gasteiger partial charge in [-0.25, -0.2) is 17.9 Å². The number of benzene rings is 1. The van der Waals surface area contributed by atoms with Crippen LogP contribution in [0.15, 0.2) is 29.2 Å². The van der Waals surface area contributed by atoms with Crippen molar-refractivity contribution in [3.8, 4) is 0 Å². The first kappa shape index (κ1) is 19.3. The van der Waals surface area contributed by atoms with Gasteiger partial charge >= 0.3 is 5.97 Å². The van der Waals surface area contributed by atoms with Gasteiger partial charge in [-0.1, -0.05) is 6.07 Å². The van der Waals surface area contributed by atoms with Crippen molar-refractivity contribution in [3.63, 3.8) is 0 Å². The average Bonchev–Trinajstić information content (AvgIpc) is 2.61. The second-order valence-electron chi connectivity index (χ2n) is 5.46. The molecule has 10 heteroatoms. The molecule has 0 spiro atoms. The summed E-state index contributed by atoms with van der Waals surface area (Å²) >= 11 is 0. The van der Waals surface area contributed by atoms with Crippen molar-refractivity contribution < 1.29 is 27.9 Å². The van der Waals surface area contributed by atoms with E-state index in [2.05, 4.69) is 14.9 Å². The number of rotatable bonds is 8. The van der Waals surface area contributed by atoms with Gasteiger partial charge in [0.2, 0.25) is 15.9 Å². The summed E-state index contributed by atoms with van der Waals surface area (Å²) < 4.78 is 31.6. The van der Waals surface area contributed by atoms with Gasteiger partial charge in [0.15, 0.2) is 0 Å². The Kier molecular flexibility index (Phi) is 6.88. The van der Waals surface area contributed by atoms with Crippen molar-refractivity contribution in [2.75, 3.05) is 45.9 Å². The van der Waals surface area contributed by atoms with Gasteiger partial charge in [0, 0.05) is 26.2 Å². The zero-order chi connectivity index (χ0) is 18.3. The molecule has 3 N–H and O–H groups in total. The van der Waals surface area contributed by atoms with Crippen LogP contribution in [-0.4, -0.2) is 76.2 Å². The normalized spacial score (nSPS) is 15.7. The van der Waals surface area contributed by atoms with E-state index in [0.717, 1.165) is 19.2 Å². The van der Waals surface area contributed by atoms with Crippen LogP contribution in [0.2, 0.25) is 0 Å². The topological polar surface area (TPSA) is 125 Å². The number of hydrogen-bond acceptors (Lipinski definition) is 6. The highest BCUT2D eigenvalue weighted by Gasteiger charge is 2.17. The first-order valence-corrected chi connectivity index (χ1v) is 9.26. The summed E-state index contributed by atoms with van der Waals surface area (Å²) in [6.07, 6.45) is 0. The summed E-state index contributed by atoms with van der Waals surface area (Å²) in [5.41, 5.74) is -0.141. The van der Waals surface area contributed by atoms with E-state index in [9.17, 15) is 18.0 Å². The first-order chi connectivity index (χ1) is 11.9. The number of sulfonamides is 1. The maximum absolute atomic E-state index is 12.1. The second-order valence-corrected chi connectivity index (χ2v) is 7.23. The van der Waals surface area contributed by atoms with Crippen LogP contribution in [0.25, 0.3) is 0 Å². The summed E-state index contributed by atoms with van der Waals surface area (Å²) in [5.74, 6) is -1.68. The molecule has 1 aromatic rings. The zero-order valence-electron chi connectivity index (χ0n) is 13.6. The molecule has 1 saturated heterocycles. The van der Waals surface area contributed by atoms with Gasteiger partial charge in [0.25, 0.3) is 0 Å². The minimum absolute atomic E-state index is 0.141. The zero-order valence-corrected chi connectivity index (χ0v) is 14.4. The van der Waals surface area contributed by atoms with Gasteiger partial charge in [0.05, 0.1) is 30.2 Å². The quantitative estimate of drug-likeness (QED) is 0.541. The molecule has 0 unspecified atom stereocenters. The largest absolute Gasteiger partial charge is 0.478 e. The lowest BCUT2D eigenvalue weighted by atomic mass is 10.2. The highest BCUT2D eigenvalue weighted by Crippen LogP contribution is 2.11. The molecular weight excluding hydrogens is 350 g/mol. The predicted octanol–water partition coefficient (Wildman–Crippen LogP) is -0.888. The van der Waals surface area contributed by atoms with Gasteiger partial charge in [-0.2, -0.15) is 0 Å². The summed E-state index contributed by atoms with van der Waals surface area (Å²) in [6.45, 7) is 3.62. The van der Waals surface area contributed by atoms with Gasteiger partial charge in [0.1, 0.15) is 0 Å². The molecule has 1 heterocycles. The average molecular weight is 371 g/mol. The summed E-state index contributed by atoms with van der Waals surface area (Å²) in [5, 5.41) is 11.5. The Bertz CT molecular complexity index is 716. The molecule has 1 amide bonds. The number of nitrogens with zero attached hydrogens (tertiary/aromatic N) is 1. The lowest BCUT2D eigenvalue weighted by Crippen LogP contribution is -2.43. The van der Waals surface area contributed by atoms with Crippen LogP contribution >= 0.6 is 0 Å². The van der Waals surface area contributed by atoms with Crippen LogP contribution in [0.5, 0.6) is 0 Å². The van der Waals surface area contributed by atoms with Gasteiger partial charge < -0.3 is 15.2 Å². The molecule has 0 radical (unpaired) electrons. The number of carboxylic acids is 1. The molecular formula is C15H21N3O6S. The number of morpholine rings is 1. The fraction of sp³-hybridized carbons (Fsp3) is 0.467. The number of aromatic carboxylic acids is 1. The number of carbonyl (C=O) groups excluding carboxylic acids is 1. The van der Waals surface area contributed by atoms with E-state index in [4.69, 9.17) is 9.84 Å². The lowest BCUT2D eigenvalue weighted by molar-refractivity contribution is -0.120. The van der Waals surface area contributed by atoms with Crippen molar-refractivity contribution in [2.24, 2.45) is 0 Å². The van der Waals surface area contributed by atoms with Crippen LogP contribution in [0.4, 0.5) is 0 Å². The first-order valence-electron chi connectivity index (χ1n) is 7.78. The Morgan fingerprint density at radius 2 is 1.96 bits per heavy atom. The molecule has 9 nitrogen and oxygen atoms in total. The van der Waals surface area contributed by atoms with Crippen LogP contribution in [-0.2, 0) is 19.6 Å². The third kappa shape index (κ3) is 6.09. The van der Waals surface area contributed by atoms with Gasteiger partial charge in [-0.15, -0.1) is 0 Å². The minimum atomic E-state index is -3.96. The van der Waals surface area contributed by atoms with Crippen molar-refractivity contribution in [3.05, 3.63) is 29.8 Å². The summed E-state index contributed by atoms with van der Waals surface area (Å²) in [6, 6.07) is 4.94. The Hall–Kier alpha value is -2.01. The SMILES string of the molecule is O=C(CNS(=O)(=O)c1cccc(C(=O)O)c1)NCCN1CCOCC1. The Morgan fingerprint density at radius 3 is 2.64 bits per heavy atom. The highest BCUT2D eigenvalue weighted by atomic mass is 32.2. The molecule has 0 aromatic heterocycles. The number of ether oxygens (including phenoxy) is 1. The van der Waals surface area contributed by atoms with Crippen LogP contribution in [0, 0.1) is 0 Å². The maximum Gasteiger partial charge on any atom is 0.335 e. The van der Waals surface area contributed by atoms with Crippen molar-refractivity contribution in [2.45, 2.75) is 4.90 Å². The van der Waals surface area contributed by atoms with E-state index >= 15 is 0 Å². The molecule has 1 aliphatic heterocycles. The molecule has 138 valence electrons. The summed E-state index contributed by atoms with van der Waals surface area (Å²) in [4.78, 5) is 24.6. The van der Waals surface area contributed by atoms with Gasteiger partial charge in [-0.05, 0) is 18.2 Å². The smallest absolute Gasteiger partial charge is 0.335 e. The molecule has 2 rings (SSSR count). The third-order valence-electron chi connectivity index (χ3n) is 3.67. The van der Waals surface area contributed by atoms with E-state index in [-0.39, 0.29) is 10.5 Å². The standard InChI is InChI=1S/C15H21N3O6S/c19-14(16-4-5-18-6-8-24-9-7-18)11-17-25(22,23)13-3-1-2-12(10-13)15(20)21/h1-3,10,17H,4-9,11H2,(H,16,19)(H,20,21). The number of carbonyl (C=O) groups is 2. The number of nitrogens with one attached hydrogen (secondary N) is 2. The maximum atomic E-state index is 12.1. The molecule has 25 heavy (non-hydrogen) atoms. The van der Waals surface area contributed by atoms with E-state index < -0.39 is 28.4 Å². The lowest BCUT2D eigenvalue weighted by Gasteiger charge is -2.26. The highest BCUT2D eigenvalue weighted by molar-refractivity contribution is 7.89. The predicted molar refractivity (Wildman–Crippen MR) is 88.9 cm³/mol. The summed E-state index contributed by atoms with van der Waals surface area (Å²) in [7, 11) is -3.96. The number of hydrogen-bond donors (Lipinski definition) is 3. The number of carboxylic acid groups (broad SMARTS) is 1. The van der Waals surface area contributed by atoms with Crippen molar-refractivity contribution in [1.29, 1.82) is 0 Å². The second kappa shape index (κ2) is 8.90. The Morgan fingerprint density at radius 1 is 1.24 bits per heavy atom. The fourth-order valence-electron chi connectivity index (χ4n) is 2.28. The molecule has 0 aliphatic carbocycles. The van der Waals surface area contributed by atoms with E-state index in [1.807, 2.05) is 0 Å². The molecule has 0 atom stereocenters. The minimum Gasteiger partial charge on any atom is -0.478 e. The van der Waals surface area contributed by atoms with Crippen LogP contribution in [0.3, 0.4) is 0 Å². The Balaban J connectivity index is 1.79. The molecule has 0 bridgehead atoms. The molecule has 1 aromatic carbocycles. The monoisotopic (exact) mass is 371 g/mol. The molecule has 0 saturated carbocycles. The van der Waals surface area contributed by atoms with Crippen molar-refractivity contribution >= 4 is 21.9 Å². The Labute approximate surface area is 146 Å². The molecule has 1 fully saturated rings. The van der Waals surface area contributed by atoms with Crippen molar-refractivity contribution in [1.82, 2.24) is 14.9 Å². The molecule has 1 aliphatic rings. The van der Waals surface area contributed by atoms with E-state index in [0.29, 0.717) is 26.3 Å². The van der Waals surface area contributed by atoms with Crippen LogP contribution in [0.1, 0.15) is 10.4 Å². The third-order valence-corrected chi connectivity index (χ3v) is 5.07. The van der Waals surface area contributed by atoms with Gasteiger partial charge in [-0.3, -0.25) is 9.69 Å².